The van der Waals surface area contributed by atoms with Gasteiger partial charge in [-0.25, -0.2) is 4.39 Å². The molecule has 0 aromatic heterocycles. The number of quaternary nitrogens is 1. The van der Waals surface area contributed by atoms with Gasteiger partial charge in [0.2, 0.25) is 0 Å². The Balaban J connectivity index is 1.44. The maximum absolute atomic E-state index is 13.9. The minimum atomic E-state index is -0.542. The van der Waals surface area contributed by atoms with Crippen LogP contribution in [0.5, 0.6) is 5.75 Å². The fourth-order valence-corrected chi connectivity index (χ4v) is 3.56. The first-order chi connectivity index (χ1) is 12.5. The van der Waals surface area contributed by atoms with E-state index in [9.17, 15) is 9.50 Å². The number of rotatable bonds is 6. The van der Waals surface area contributed by atoms with Crippen LogP contribution in [-0.4, -0.2) is 50.5 Å². The molecule has 1 unspecified atom stereocenters. The number of aryl methyl sites for hydroxylation is 1. The van der Waals surface area contributed by atoms with E-state index in [0.717, 1.165) is 37.5 Å². The van der Waals surface area contributed by atoms with Crippen LogP contribution in [0.3, 0.4) is 0 Å². The Morgan fingerprint density at radius 2 is 1.96 bits per heavy atom. The molecule has 0 saturated carbocycles. The topological polar surface area (TPSA) is 37.1 Å². The van der Waals surface area contributed by atoms with Gasteiger partial charge in [0, 0.05) is 5.02 Å². The third-order valence-corrected chi connectivity index (χ3v) is 4.99. The monoisotopic (exact) mass is 379 g/mol. The zero-order valence-electron chi connectivity index (χ0n) is 14.9. The lowest BCUT2D eigenvalue weighted by Gasteiger charge is -2.34. The lowest BCUT2D eigenvalue weighted by molar-refractivity contribution is -0.903. The Morgan fingerprint density at radius 3 is 2.65 bits per heavy atom. The smallest absolute Gasteiger partial charge is 0.146 e. The summed E-state index contributed by atoms with van der Waals surface area (Å²) in [6.45, 7) is 6.10. The van der Waals surface area contributed by atoms with Gasteiger partial charge in [-0.1, -0.05) is 23.7 Å². The van der Waals surface area contributed by atoms with Crippen molar-refractivity contribution >= 4 is 17.3 Å². The molecule has 1 aliphatic heterocycles. The summed E-state index contributed by atoms with van der Waals surface area (Å²) in [7, 11) is 0. The van der Waals surface area contributed by atoms with Crippen molar-refractivity contribution in [2.24, 2.45) is 0 Å². The number of halogens is 2. The van der Waals surface area contributed by atoms with Gasteiger partial charge in [-0.15, -0.1) is 0 Å². The van der Waals surface area contributed by atoms with Crippen LogP contribution in [0.1, 0.15) is 5.56 Å². The number of benzene rings is 2. The van der Waals surface area contributed by atoms with Crippen molar-refractivity contribution in [3.63, 3.8) is 0 Å². The van der Waals surface area contributed by atoms with Crippen LogP contribution in [0.25, 0.3) is 0 Å². The van der Waals surface area contributed by atoms with Gasteiger partial charge < -0.3 is 19.6 Å². The first kappa shape index (κ1) is 19.0. The molecular weight excluding hydrogens is 355 g/mol. The number of hydrogen-bond acceptors (Lipinski definition) is 3. The number of piperazine rings is 1. The van der Waals surface area contributed by atoms with Gasteiger partial charge in [-0.3, -0.25) is 0 Å². The predicted molar refractivity (Wildman–Crippen MR) is 102 cm³/mol. The predicted octanol–water partition coefficient (Wildman–Crippen LogP) is 1.93. The summed E-state index contributed by atoms with van der Waals surface area (Å²) >= 11 is 5.94. The van der Waals surface area contributed by atoms with Gasteiger partial charge in [0.25, 0.3) is 0 Å². The van der Waals surface area contributed by atoms with E-state index in [0.29, 0.717) is 17.3 Å². The highest BCUT2D eigenvalue weighted by Crippen LogP contribution is 2.22. The number of aliphatic hydroxyl groups is 1. The first-order valence-corrected chi connectivity index (χ1v) is 9.31. The lowest BCUT2D eigenvalue weighted by atomic mass is 10.2. The van der Waals surface area contributed by atoms with Crippen molar-refractivity contribution in [2.45, 2.75) is 13.0 Å². The molecule has 2 aromatic carbocycles. The number of nitrogens with zero attached hydrogens (tertiary/aromatic N) is 1. The molecule has 0 spiro atoms. The Labute approximate surface area is 158 Å². The Bertz CT molecular complexity index is 736. The molecule has 1 aliphatic rings. The summed E-state index contributed by atoms with van der Waals surface area (Å²) in [5.41, 5.74) is 1.61. The van der Waals surface area contributed by atoms with Crippen molar-refractivity contribution in [1.29, 1.82) is 0 Å². The first-order valence-electron chi connectivity index (χ1n) is 8.93. The number of para-hydroxylation sites is 1. The molecule has 1 saturated heterocycles. The van der Waals surface area contributed by atoms with E-state index in [1.807, 2.05) is 31.2 Å². The van der Waals surface area contributed by atoms with Crippen LogP contribution in [0, 0.1) is 12.7 Å². The van der Waals surface area contributed by atoms with Gasteiger partial charge in [0.15, 0.2) is 0 Å². The van der Waals surface area contributed by atoms with Crippen molar-refractivity contribution in [3.05, 3.63) is 58.9 Å². The summed E-state index contributed by atoms with van der Waals surface area (Å²) in [6.07, 6.45) is -0.542. The molecule has 1 fully saturated rings. The van der Waals surface area contributed by atoms with Crippen LogP contribution < -0.4 is 14.5 Å². The fraction of sp³-hybridized carbons (Fsp3) is 0.400. The molecule has 1 atom stereocenters. The molecule has 1 heterocycles. The number of nitrogens with one attached hydrogen (secondary N) is 1. The van der Waals surface area contributed by atoms with Gasteiger partial charge in [0.1, 0.15) is 30.8 Å². The van der Waals surface area contributed by atoms with Crippen LogP contribution >= 0.6 is 11.6 Å². The van der Waals surface area contributed by atoms with Crippen molar-refractivity contribution in [1.82, 2.24) is 0 Å². The maximum atomic E-state index is 13.9. The molecule has 0 radical (unpaired) electrons. The second-order valence-corrected chi connectivity index (χ2v) is 7.20. The highest BCUT2D eigenvalue weighted by molar-refractivity contribution is 6.30. The van der Waals surface area contributed by atoms with Crippen molar-refractivity contribution < 1.29 is 19.1 Å². The molecule has 0 bridgehead atoms. The lowest BCUT2D eigenvalue weighted by Crippen LogP contribution is -3.16. The van der Waals surface area contributed by atoms with Gasteiger partial charge in [-0.05, 0) is 42.8 Å². The molecule has 0 amide bonds. The number of anilines is 1. The van der Waals surface area contributed by atoms with E-state index < -0.39 is 6.10 Å². The average Bonchev–Trinajstić information content (AvgIpc) is 2.62. The Morgan fingerprint density at radius 1 is 1.23 bits per heavy atom. The molecule has 2 N–H and O–H groups in total. The van der Waals surface area contributed by atoms with E-state index in [2.05, 4.69) is 4.90 Å². The van der Waals surface area contributed by atoms with E-state index >= 15 is 0 Å². The zero-order valence-corrected chi connectivity index (χ0v) is 15.7. The highest BCUT2D eigenvalue weighted by atomic mass is 35.5. The molecular formula is C20H25ClFN2O2+. The number of hydrogen-bond donors (Lipinski definition) is 2. The second kappa shape index (κ2) is 8.71. The maximum Gasteiger partial charge on any atom is 0.146 e. The van der Waals surface area contributed by atoms with Gasteiger partial charge in [0.05, 0.1) is 31.9 Å². The van der Waals surface area contributed by atoms with Crippen LogP contribution in [0.4, 0.5) is 10.1 Å². The number of ether oxygens (including phenoxy) is 1. The van der Waals surface area contributed by atoms with Crippen LogP contribution in [0.2, 0.25) is 5.02 Å². The minimum Gasteiger partial charge on any atom is -0.490 e. The summed E-state index contributed by atoms with van der Waals surface area (Å²) in [4.78, 5) is 3.38. The molecule has 0 aliphatic carbocycles. The molecule has 4 nitrogen and oxygen atoms in total. The van der Waals surface area contributed by atoms with E-state index in [1.165, 1.54) is 11.0 Å². The largest absolute Gasteiger partial charge is 0.490 e. The summed E-state index contributed by atoms with van der Waals surface area (Å²) in [5, 5.41) is 11.0. The third-order valence-electron chi connectivity index (χ3n) is 4.76. The summed E-state index contributed by atoms with van der Waals surface area (Å²) in [5.74, 6) is 0.565. The Kier molecular flexibility index (Phi) is 6.35. The van der Waals surface area contributed by atoms with Gasteiger partial charge in [-0.2, -0.15) is 0 Å². The minimum absolute atomic E-state index is 0.178. The zero-order chi connectivity index (χ0) is 18.5. The standard InChI is InChI=1S/C20H24ClFN2O2/c1-15-12-16(21)6-7-20(15)26-14-17(25)13-23-8-10-24(11-9-23)19-5-3-2-4-18(19)22/h2-7,12,17,25H,8-11,13-14H2,1H3/p+1. The molecule has 6 heteroatoms. The molecule has 26 heavy (non-hydrogen) atoms. The number of aliphatic hydroxyl groups excluding tert-OH is 1. The van der Waals surface area contributed by atoms with Gasteiger partial charge >= 0.3 is 0 Å². The fourth-order valence-electron chi connectivity index (χ4n) is 3.33. The van der Waals surface area contributed by atoms with Crippen molar-refractivity contribution in [2.75, 3.05) is 44.2 Å². The quantitative estimate of drug-likeness (QED) is 0.805. The normalized spacial score (nSPS) is 16.5. The van der Waals surface area contributed by atoms with E-state index in [4.69, 9.17) is 16.3 Å². The van der Waals surface area contributed by atoms with E-state index in [1.54, 1.807) is 12.1 Å². The Hall–Kier alpha value is -1.82. The van der Waals surface area contributed by atoms with Crippen LogP contribution in [-0.2, 0) is 0 Å². The SMILES string of the molecule is Cc1cc(Cl)ccc1OCC(O)C[NH+]1CCN(c2ccccc2F)CC1. The second-order valence-electron chi connectivity index (χ2n) is 6.77. The van der Waals surface area contributed by atoms with Crippen molar-refractivity contribution in [3.8, 4) is 5.75 Å². The molecule has 2 aromatic rings. The molecule has 140 valence electrons. The molecule has 3 rings (SSSR count). The average molecular weight is 380 g/mol. The highest BCUT2D eigenvalue weighted by Gasteiger charge is 2.24. The van der Waals surface area contributed by atoms with E-state index in [-0.39, 0.29) is 12.4 Å². The van der Waals surface area contributed by atoms with Crippen LogP contribution in [0.15, 0.2) is 42.5 Å². The third kappa shape index (κ3) is 4.87. The summed E-state index contributed by atoms with van der Waals surface area (Å²) in [6, 6.07) is 12.3. The summed E-state index contributed by atoms with van der Waals surface area (Å²) < 4.78 is 19.6.